The monoisotopic (exact) mass is 447 g/mol. The van der Waals surface area contributed by atoms with E-state index in [2.05, 4.69) is 6.07 Å². The van der Waals surface area contributed by atoms with Gasteiger partial charge in [0.1, 0.15) is 11.6 Å². The average Bonchev–Trinajstić information content (AvgIpc) is 3.23. The highest BCUT2D eigenvalue weighted by Gasteiger charge is 2.17. The van der Waals surface area contributed by atoms with Gasteiger partial charge in [-0.05, 0) is 42.3 Å². The number of nitriles is 1. The molecule has 5 rings (SSSR count). The maximum Gasteiger partial charge on any atom is 0.330 e. The molecule has 5 aromatic rings. The summed E-state index contributed by atoms with van der Waals surface area (Å²) in [5.41, 5.74) is 5.86. The van der Waals surface area contributed by atoms with Crippen LogP contribution >= 0.6 is 0 Å². The molecule has 2 aromatic carbocycles. The average molecular weight is 447 g/mol. The molecular formula is C27H21N5O2. The topological polar surface area (TPSA) is 85.1 Å². The first-order valence-electron chi connectivity index (χ1n) is 10.7. The van der Waals surface area contributed by atoms with Crippen LogP contribution in [0.4, 0.5) is 0 Å². The lowest BCUT2D eigenvalue weighted by molar-refractivity contribution is 0.683. The molecule has 34 heavy (non-hydrogen) atoms. The molecule has 3 heterocycles. The van der Waals surface area contributed by atoms with Crippen LogP contribution in [0.15, 0.2) is 70.4 Å². The lowest BCUT2D eigenvalue weighted by Gasteiger charge is -2.11. The Balaban J connectivity index is 1.81. The molecule has 0 amide bonds. The fourth-order valence-corrected chi connectivity index (χ4v) is 4.16. The minimum atomic E-state index is -0.399. The summed E-state index contributed by atoms with van der Waals surface area (Å²) in [6.45, 7) is 2.03. The number of aryl methyl sites for hydroxylation is 2. The van der Waals surface area contributed by atoms with Crippen LogP contribution in [0, 0.1) is 18.3 Å². The van der Waals surface area contributed by atoms with E-state index in [1.165, 1.54) is 17.8 Å². The molecular weight excluding hydrogens is 426 g/mol. The second-order valence-corrected chi connectivity index (χ2v) is 8.27. The number of para-hydroxylation sites is 2. The molecule has 0 spiro atoms. The molecule has 0 radical (unpaired) electrons. The number of pyridine rings is 1. The molecule has 0 unspecified atom stereocenters. The summed E-state index contributed by atoms with van der Waals surface area (Å²) >= 11 is 0. The molecule has 0 saturated carbocycles. The van der Waals surface area contributed by atoms with Gasteiger partial charge in [0.15, 0.2) is 5.65 Å². The Labute approximate surface area is 195 Å². The molecule has 7 nitrogen and oxygen atoms in total. The highest BCUT2D eigenvalue weighted by molar-refractivity contribution is 5.89. The van der Waals surface area contributed by atoms with Gasteiger partial charge in [0, 0.05) is 20.3 Å². The molecule has 0 N–H and O–H groups in total. The van der Waals surface area contributed by atoms with E-state index in [4.69, 9.17) is 4.98 Å². The number of aromatic nitrogens is 4. The van der Waals surface area contributed by atoms with Crippen LogP contribution < -0.4 is 11.2 Å². The molecule has 0 saturated heterocycles. The predicted octanol–water partition coefficient (Wildman–Crippen LogP) is 3.90. The van der Waals surface area contributed by atoms with E-state index in [9.17, 15) is 14.9 Å². The van der Waals surface area contributed by atoms with Gasteiger partial charge < -0.3 is 4.57 Å². The second-order valence-electron chi connectivity index (χ2n) is 8.27. The van der Waals surface area contributed by atoms with Crippen LogP contribution in [-0.2, 0) is 14.1 Å². The third-order valence-corrected chi connectivity index (χ3v) is 5.98. The molecule has 0 atom stereocenters. The summed E-state index contributed by atoms with van der Waals surface area (Å²) in [7, 11) is 3.04. The maximum absolute atomic E-state index is 12.6. The van der Waals surface area contributed by atoms with Crippen LogP contribution in [0.3, 0.4) is 0 Å². The Hall–Kier alpha value is -4.70. The Morgan fingerprint density at radius 3 is 2.41 bits per heavy atom. The van der Waals surface area contributed by atoms with E-state index in [0.29, 0.717) is 22.3 Å². The number of hydrogen-bond donors (Lipinski definition) is 0. The third kappa shape index (κ3) is 3.33. The lowest BCUT2D eigenvalue weighted by Crippen LogP contribution is -2.37. The number of imidazole rings is 1. The zero-order valence-corrected chi connectivity index (χ0v) is 19.0. The van der Waals surface area contributed by atoms with E-state index in [0.717, 1.165) is 32.4 Å². The second kappa shape index (κ2) is 8.01. The van der Waals surface area contributed by atoms with Crippen molar-refractivity contribution in [3.05, 3.63) is 104 Å². The van der Waals surface area contributed by atoms with Gasteiger partial charge >= 0.3 is 5.69 Å². The van der Waals surface area contributed by atoms with Crippen molar-refractivity contribution in [1.29, 1.82) is 5.26 Å². The summed E-state index contributed by atoms with van der Waals surface area (Å²) in [5, 5.41) is 10.1. The minimum Gasteiger partial charge on any atom is -0.303 e. The van der Waals surface area contributed by atoms with Crippen molar-refractivity contribution in [3.8, 4) is 17.3 Å². The number of hydrogen-bond acceptors (Lipinski definition) is 4. The first-order chi connectivity index (χ1) is 16.4. The lowest BCUT2D eigenvalue weighted by atomic mass is 10.0. The maximum atomic E-state index is 12.6. The SMILES string of the molecule is Cc1ccc(-c2cc(/C=C/c3cn(C)c(=O)n(C)c3=O)c(C#N)c3nc4ccccc4n23)cc1. The number of nitrogens with zero attached hydrogens (tertiary/aromatic N) is 5. The fraction of sp³-hybridized carbons (Fsp3) is 0.111. The Morgan fingerprint density at radius 1 is 0.971 bits per heavy atom. The van der Waals surface area contributed by atoms with Gasteiger partial charge in [-0.15, -0.1) is 0 Å². The van der Waals surface area contributed by atoms with Gasteiger partial charge in [-0.3, -0.25) is 13.8 Å². The smallest absolute Gasteiger partial charge is 0.303 e. The predicted molar refractivity (Wildman–Crippen MR) is 133 cm³/mol. The van der Waals surface area contributed by atoms with Gasteiger partial charge in [0.2, 0.25) is 0 Å². The third-order valence-electron chi connectivity index (χ3n) is 5.98. The number of rotatable bonds is 3. The molecule has 0 aliphatic carbocycles. The van der Waals surface area contributed by atoms with Gasteiger partial charge in [0.25, 0.3) is 5.56 Å². The van der Waals surface area contributed by atoms with Crippen molar-refractivity contribution in [1.82, 2.24) is 18.5 Å². The first-order valence-corrected chi connectivity index (χ1v) is 10.7. The van der Waals surface area contributed by atoms with Crippen molar-refractivity contribution in [2.75, 3.05) is 0 Å². The van der Waals surface area contributed by atoms with Crippen molar-refractivity contribution in [2.24, 2.45) is 14.1 Å². The quantitative estimate of drug-likeness (QED) is 0.420. The largest absolute Gasteiger partial charge is 0.330 e. The summed E-state index contributed by atoms with van der Waals surface area (Å²) < 4.78 is 4.42. The summed E-state index contributed by atoms with van der Waals surface area (Å²) in [5.74, 6) is 0. The van der Waals surface area contributed by atoms with Crippen molar-refractivity contribution in [3.63, 3.8) is 0 Å². The van der Waals surface area contributed by atoms with E-state index in [-0.39, 0.29) is 0 Å². The number of fused-ring (bicyclic) bond motifs is 3. The molecule has 166 valence electrons. The van der Waals surface area contributed by atoms with Crippen LogP contribution in [0.5, 0.6) is 0 Å². The van der Waals surface area contributed by atoms with E-state index >= 15 is 0 Å². The Kier molecular flexibility index (Phi) is 4.99. The molecule has 0 bridgehead atoms. The van der Waals surface area contributed by atoms with Crippen LogP contribution in [0.25, 0.3) is 40.1 Å². The van der Waals surface area contributed by atoms with Crippen molar-refractivity contribution in [2.45, 2.75) is 6.92 Å². The van der Waals surface area contributed by atoms with E-state index in [1.807, 2.05) is 65.9 Å². The Bertz CT molecular complexity index is 1780. The van der Waals surface area contributed by atoms with Gasteiger partial charge in [-0.1, -0.05) is 48.0 Å². The van der Waals surface area contributed by atoms with Crippen LogP contribution in [-0.4, -0.2) is 18.5 Å². The van der Waals surface area contributed by atoms with Crippen molar-refractivity contribution < 1.29 is 0 Å². The Morgan fingerprint density at radius 2 is 1.68 bits per heavy atom. The minimum absolute atomic E-state index is 0.346. The fourth-order valence-electron chi connectivity index (χ4n) is 4.16. The highest BCUT2D eigenvalue weighted by Crippen LogP contribution is 2.31. The summed E-state index contributed by atoms with van der Waals surface area (Å²) in [6.07, 6.45) is 4.86. The normalized spacial score (nSPS) is 11.5. The van der Waals surface area contributed by atoms with Crippen LogP contribution in [0.2, 0.25) is 0 Å². The van der Waals surface area contributed by atoms with Crippen molar-refractivity contribution >= 4 is 28.8 Å². The highest BCUT2D eigenvalue weighted by atomic mass is 16.2. The molecule has 0 aliphatic heterocycles. The van der Waals surface area contributed by atoms with E-state index in [1.54, 1.807) is 19.2 Å². The molecule has 3 aromatic heterocycles. The molecule has 0 aliphatic rings. The standard InChI is InChI=1S/C27H21N5O2/c1-17-8-10-18(11-9-17)24-14-19(12-13-20-16-30(2)27(34)31(3)26(20)33)21(15-28)25-29-22-6-4-5-7-23(22)32(24)25/h4-14,16H,1-3H3/b13-12+. The summed E-state index contributed by atoms with van der Waals surface area (Å²) in [4.78, 5) is 29.4. The van der Waals surface area contributed by atoms with E-state index < -0.39 is 11.2 Å². The summed E-state index contributed by atoms with van der Waals surface area (Å²) in [6, 6.07) is 20.2. The molecule has 7 heteroatoms. The zero-order chi connectivity index (χ0) is 24.0. The first kappa shape index (κ1) is 21.2. The van der Waals surface area contributed by atoms with Gasteiger partial charge in [0.05, 0.1) is 22.3 Å². The zero-order valence-electron chi connectivity index (χ0n) is 19.0. The number of benzene rings is 2. The van der Waals surface area contributed by atoms with Crippen LogP contribution in [0.1, 0.15) is 22.3 Å². The van der Waals surface area contributed by atoms with Gasteiger partial charge in [-0.2, -0.15) is 5.26 Å². The van der Waals surface area contributed by atoms with Gasteiger partial charge in [-0.25, -0.2) is 9.78 Å². The molecule has 0 fully saturated rings.